The molecule has 0 radical (unpaired) electrons. The molecule has 0 aliphatic carbocycles. The zero-order valence-corrected chi connectivity index (χ0v) is 13.6. The molecule has 118 valence electrons. The topological polar surface area (TPSA) is 81.3 Å². The van der Waals surface area contributed by atoms with Crippen LogP contribution in [0.1, 0.15) is 37.0 Å². The molecule has 0 bridgehead atoms. The predicted molar refractivity (Wildman–Crippen MR) is 82.0 cm³/mol. The first-order chi connectivity index (χ1) is 10.2. The van der Waals surface area contributed by atoms with E-state index in [1.807, 2.05) is 0 Å². The van der Waals surface area contributed by atoms with Gasteiger partial charge in [-0.3, -0.25) is 4.79 Å². The fraction of sp³-hybridized carbons (Fsp3) is 0.400. The van der Waals surface area contributed by atoms with Crippen molar-refractivity contribution in [2.24, 2.45) is 0 Å². The summed E-state index contributed by atoms with van der Waals surface area (Å²) in [5.74, 6) is -0.917. The quantitative estimate of drug-likeness (QED) is 0.693. The van der Waals surface area contributed by atoms with Crippen molar-refractivity contribution < 1.29 is 19.1 Å². The molecular formula is C15H17ClN2O4. The molecule has 6 nitrogen and oxygen atoms in total. The number of ether oxygens (including phenoxy) is 2. The first-order valence-corrected chi connectivity index (χ1v) is 7.05. The summed E-state index contributed by atoms with van der Waals surface area (Å²) in [5.41, 5.74) is 0.749. The van der Waals surface area contributed by atoms with Gasteiger partial charge in [0, 0.05) is 5.39 Å². The number of carbonyl (C=O) groups excluding carboxylic acids is 2. The van der Waals surface area contributed by atoms with Crippen LogP contribution in [-0.2, 0) is 20.7 Å². The van der Waals surface area contributed by atoms with Crippen molar-refractivity contribution in [3.05, 3.63) is 28.7 Å². The number of hydrogen-bond donors (Lipinski definition) is 1. The van der Waals surface area contributed by atoms with Crippen LogP contribution in [0.25, 0.3) is 10.9 Å². The summed E-state index contributed by atoms with van der Waals surface area (Å²) in [6, 6.07) is 3.17. The lowest BCUT2D eigenvalue weighted by molar-refractivity contribution is -0.153. The van der Waals surface area contributed by atoms with E-state index in [0.29, 0.717) is 16.6 Å². The van der Waals surface area contributed by atoms with Crippen LogP contribution in [0.2, 0.25) is 5.15 Å². The SMILES string of the molecule is COC(=O)c1cc2c(CC(=O)OC(C)(C)C)nc(Cl)cc2[nH]1. The summed E-state index contributed by atoms with van der Waals surface area (Å²) in [5, 5.41) is 0.861. The number of hydrogen-bond acceptors (Lipinski definition) is 5. The molecule has 2 heterocycles. The molecule has 22 heavy (non-hydrogen) atoms. The highest BCUT2D eigenvalue weighted by molar-refractivity contribution is 6.30. The molecule has 1 N–H and O–H groups in total. The highest BCUT2D eigenvalue weighted by atomic mass is 35.5. The van der Waals surface area contributed by atoms with Crippen molar-refractivity contribution in [3.63, 3.8) is 0 Å². The van der Waals surface area contributed by atoms with Crippen molar-refractivity contribution in [3.8, 4) is 0 Å². The van der Waals surface area contributed by atoms with Gasteiger partial charge in [0.1, 0.15) is 16.4 Å². The van der Waals surface area contributed by atoms with E-state index in [-0.39, 0.29) is 17.3 Å². The average molecular weight is 325 g/mol. The summed E-state index contributed by atoms with van der Waals surface area (Å²) < 4.78 is 9.95. The first kappa shape index (κ1) is 16.3. The minimum absolute atomic E-state index is 0.0349. The van der Waals surface area contributed by atoms with Gasteiger partial charge in [0.2, 0.25) is 0 Å². The number of aromatic nitrogens is 2. The van der Waals surface area contributed by atoms with E-state index in [1.54, 1.807) is 32.9 Å². The van der Waals surface area contributed by atoms with Gasteiger partial charge in [0.25, 0.3) is 0 Å². The lowest BCUT2D eigenvalue weighted by Crippen LogP contribution is -2.25. The molecule has 0 spiro atoms. The molecule has 0 fully saturated rings. The Kier molecular flexibility index (Phi) is 4.42. The number of aromatic amines is 1. The van der Waals surface area contributed by atoms with Gasteiger partial charge >= 0.3 is 11.9 Å². The molecule has 0 aliphatic rings. The smallest absolute Gasteiger partial charge is 0.354 e. The maximum Gasteiger partial charge on any atom is 0.354 e. The van der Waals surface area contributed by atoms with Crippen LogP contribution in [0, 0.1) is 0 Å². The number of esters is 2. The highest BCUT2D eigenvalue weighted by Crippen LogP contribution is 2.23. The van der Waals surface area contributed by atoms with Gasteiger partial charge in [-0.05, 0) is 32.9 Å². The van der Waals surface area contributed by atoms with E-state index >= 15 is 0 Å². The number of carbonyl (C=O) groups is 2. The van der Waals surface area contributed by atoms with Crippen LogP contribution >= 0.6 is 11.6 Å². The number of halogens is 1. The monoisotopic (exact) mass is 324 g/mol. The van der Waals surface area contributed by atoms with Crippen LogP contribution in [0.15, 0.2) is 12.1 Å². The Hall–Kier alpha value is -2.08. The van der Waals surface area contributed by atoms with Gasteiger partial charge in [0.05, 0.1) is 24.7 Å². The number of methoxy groups -OCH3 is 1. The number of nitrogens with zero attached hydrogens (tertiary/aromatic N) is 1. The second-order valence-electron chi connectivity index (χ2n) is 5.79. The fourth-order valence-corrected chi connectivity index (χ4v) is 2.24. The second-order valence-corrected chi connectivity index (χ2v) is 6.18. The predicted octanol–water partition coefficient (Wildman–Crippen LogP) is 2.89. The maximum atomic E-state index is 12.0. The van der Waals surface area contributed by atoms with Gasteiger partial charge in [0.15, 0.2) is 0 Å². The molecule has 0 amide bonds. The molecule has 0 saturated heterocycles. The third-order valence-corrected chi connectivity index (χ3v) is 3.00. The zero-order chi connectivity index (χ0) is 16.5. The summed E-state index contributed by atoms with van der Waals surface area (Å²) >= 11 is 5.96. The largest absolute Gasteiger partial charge is 0.464 e. The van der Waals surface area contributed by atoms with Gasteiger partial charge in [-0.15, -0.1) is 0 Å². The van der Waals surface area contributed by atoms with Crippen LogP contribution in [-0.4, -0.2) is 34.6 Å². The van der Waals surface area contributed by atoms with Crippen molar-refractivity contribution in [1.29, 1.82) is 0 Å². The molecular weight excluding hydrogens is 308 g/mol. The van der Waals surface area contributed by atoms with Gasteiger partial charge in [-0.25, -0.2) is 9.78 Å². The van der Waals surface area contributed by atoms with Crippen LogP contribution in [0.5, 0.6) is 0 Å². The Morgan fingerprint density at radius 1 is 1.32 bits per heavy atom. The van der Waals surface area contributed by atoms with Crippen molar-refractivity contribution in [1.82, 2.24) is 9.97 Å². The summed E-state index contributed by atoms with van der Waals surface area (Å²) in [6.07, 6.45) is -0.0349. The van der Waals surface area contributed by atoms with Crippen molar-refractivity contribution in [2.75, 3.05) is 7.11 Å². The fourth-order valence-electron chi connectivity index (χ4n) is 2.03. The van der Waals surface area contributed by atoms with Crippen LogP contribution < -0.4 is 0 Å². The van der Waals surface area contributed by atoms with Crippen LogP contribution in [0.3, 0.4) is 0 Å². The Morgan fingerprint density at radius 3 is 2.59 bits per heavy atom. The summed E-state index contributed by atoms with van der Waals surface area (Å²) in [7, 11) is 1.29. The van der Waals surface area contributed by atoms with E-state index in [4.69, 9.17) is 16.3 Å². The lowest BCUT2D eigenvalue weighted by atomic mass is 10.1. The van der Waals surface area contributed by atoms with Crippen molar-refractivity contribution >= 4 is 34.4 Å². The second kappa shape index (κ2) is 5.96. The Balaban J connectivity index is 2.38. The normalized spacial score (nSPS) is 11.5. The molecule has 2 rings (SSSR count). The minimum atomic E-state index is -0.579. The summed E-state index contributed by atoms with van der Waals surface area (Å²) in [4.78, 5) is 30.6. The lowest BCUT2D eigenvalue weighted by Gasteiger charge is -2.19. The standard InChI is InChI=1S/C15H17ClN2O4/c1-15(2,3)22-13(19)7-10-8-5-11(14(20)21-4)17-9(8)6-12(16)18-10/h5-6,17H,7H2,1-4H3. The van der Waals surface area contributed by atoms with E-state index in [1.165, 1.54) is 7.11 Å². The third kappa shape index (κ3) is 3.76. The highest BCUT2D eigenvalue weighted by Gasteiger charge is 2.20. The molecule has 0 saturated carbocycles. The molecule has 0 aromatic carbocycles. The molecule has 2 aromatic rings. The van der Waals surface area contributed by atoms with Gasteiger partial charge in [-0.1, -0.05) is 11.6 Å². The summed E-state index contributed by atoms with van der Waals surface area (Å²) in [6.45, 7) is 5.37. The average Bonchev–Trinajstić information content (AvgIpc) is 2.79. The number of fused-ring (bicyclic) bond motifs is 1. The van der Waals surface area contributed by atoms with Crippen LogP contribution in [0.4, 0.5) is 0 Å². The molecule has 0 unspecified atom stereocenters. The third-order valence-electron chi connectivity index (χ3n) is 2.80. The number of pyridine rings is 1. The first-order valence-electron chi connectivity index (χ1n) is 6.68. The van der Waals surface area contributed by atoms with E-state index in [9.17, 15) is 9.59 Å². The number of nitrogens with one attached hydrogen (secondary N) is 1. The van der Waals surface area contributed by atoms with E-state index in [0.717, 1.165) is 0 Å². The number of rotatable bonds is 3. The molecule has 2 aromatic heterocycles. The maximum absolute atomic E-state index is 12.0. The number of H-pyrrole nitrogens is 1. The van der Waals surface area contributed by atoms with E-state index < -0.39 is 17.5 Å². The van der Waals surface area contributed by atoms with Gasteiger partial charge in [-0.2, -0.15) is 0 Å². The van der Waals surface area contributed by atoms with E-state index in [2.05, 4.69) is 14.7 Å². The molecule has 7 heteroatoms. The Labute approximate surface area is 132 Å². The Morgan fingerprint density at radius 2 is 2.00 bits per heavy atom. The zero-order valence-electron chi connectivity index (χ0n) is 12.8. The Bertz CT molecular complexity index is 731. The van der Waals surface area contributed by atoms with Crippen molar-refractivity contribution in [2.45, 2.75) is 32.8 Å². The molecule has 0 aliphatic heterocycles. The minimum Gasteiger partial charge on any atom is -0.464 e. The van der Waals surface area contributed by atoms with Gasteiger partial charge < -0.3 is 14.5 Å². The molecule has 0 atom stereocenters.